The maximum Gasteiger partial charge on any atom is 0.241 e. The fourth-order valence-electron chi connectivity index (χ4n) is 1.96. The van der Waals surface area contributed by atoms with Gasteiger partial charge < -0.3 is 10.6 Å². The van der Waals surface area contributed by atoms with E-state index in [4.69, 9.17) is 5.26 Å². The van der Waals surface area contributed by atoms with Crippen LogP contribution in [0, 0.1) is 11.3 Å². The molecule has 0 radical (unpaired) electrons. The van der Waals surface area contributed by atoms with Crippen molar-refractivity contribution in [3.05, 3.63) is 47.8 Å². The molecule has 0 aliphatic carbocycles. The van der Waals surface area contributed by atoms with Crippen LogP contribution in [0.25, 0.3) is 0 Å². The van der Waals surface area contributed by atoms with Crippen molar-refractivity contribution in [3.8, 4) is 6.07 Å². The van der Waals surface area contributed by atoms with Gasteiger partial charge in [0.2, 0.25) is 5.91 Å². The van der Waals surface area contributed by atoms with E-state index in [9.17, 15) is 4.79 Å². The Bertz CT molecular complexity index is 671. The highest BCUT2D eigenvalue weighted by Gasteiger charge is 2.08. The first-order chi connectivity index (χ1) is 10.1. The second-order valence-electron chi connectivity index (χ2n) is 4.70. The summed E-state index contributed by atoms with van der Waals surface area (Å²) in [6.07, 6.45) is 3.45. The van der Waals surface area contributed by atoms with Gasteiger partial charge in [-0.25, -0.2) is 0 Å². The fourth-order valence-corrected chi connectivity index (χ4v) is 1.96. The molecule has 0 fully saturated rings. The van der Waals surface area contributed by atoms with Crippen LogP contribution in [0.3, 0.4) is 0 Å². The minimum absolute atomic E-state index is 0.0379. The number of aromatic nitrogens is 2. The Balaban J connectivity index is 2.04. The highest BCUT2D eigenvalue weighted by Crippen LogP contribution is 2.19. The quantitative estimate of drug-likeness (QED) is 0.874. The van der Waals surface area contributed by atoms with Gasteiger partial charge in [0.05, 0.1) is 23.5 Å². The van der Waals surface area contributed by atoms with Crippen molar-refractivity contribution < 1.29 is 4.79 Å². The highest BCUT2D eigenvalue weighted by molar-refractivity contribution is 5.75. The van der Waals surface area contributed by atoms with E-state index < -0.39 is 0 Å². The van der Waals surface area contributed by atoms with Crippen molar-refractivity contribution in [3.63, 3.8) is 0 Å². The highest BCUT2D eigenvalue weighted by atomic mass is 16.1. The third-order valence-electron chi connectivity index (χ3n) is 3.12. The van der Waals surface area contributed by atoms with Crippen LogP contribution < -0.4 is 10.6 Å². The van der Waals surface area contributed by atoms with Gasteiger partial charge in [0.1, 0.15) is 6.54 Å². The van der Waals surface area contributed by atoms with E-state index in [2.05, 4.69) is 21.8 Å². The van der Waals surface area contributed by atoms with Gasteiger partial charge in [-0.3, -0.25) is 9.48 Å². The molecule has 2 rings (SSSR count). The summed E-state index contributed by atoms with van der Waals surface area (Å²) >= 11 is 0. The molecule has 0 bridgehead atoms. The van der Waals surface area contributed by atoms with Gasteiger partial charge in [-0.05, 0) is 24.6 Å². The number of likely N-dealkylation sites (N-methyl/N-ethyl adjacent to an activating group) is 1. The predicted octanol–water partition coefficient (Wildman–Crippen LogP) is 1.67. The minimum Gasteiger partial charge on any atom is -0.376 e. The zero-order valence-electron chi connectivity index (χ0n) is 12.0. The van der Waals surface area contributed by atoms with Crippen LogP contribution in [0.5, 0.6) is 0 Å². The van der Waals surface area contributed by atoms with Gasteiger partial charge in [-0.1, -0.05) is 12.1 Å². The lowest BCUT2D eigenvalue weighted by molar-refractivity contribution is -0.121. The molecule has 21 heavy (non-hydrogen) atoms. The molecule has 0 saturated carbocycles. The van der Waals surface area contributed by atoms with Gasteiger partial charge in [0, 0.05) is 19.3 Å². The summed E-state index contributed by atoms with van der Waals surface area (Å²) in [4.78, 5) is 11.3. The summed E-state index contributed by atoms with van der Waals surface area (Å²) in [7, 11) is 1.59. The number of anilines is 1. The molecule has 1 unspecified atom stereocenters. The minimum atomic E-state index is -0.0978. The van der Waals surface area contributed by atoms with Crippen LogP contribution in [0.4, 0.5) is 5.69 Å². The van der Waals surface area contributed by atoms with Crippen molar-refractivity contribution in [2.24, 2.45) is 0 Å². The van der Waals surface area contributed by atoms with Crippen LogP contribution in [-0.4, -0.2) is 22.7 Å². The average Bonchev–Trinajstić information content (AvgIpc) is 2.94. The maximum atomic E-state index is 11.3. The number of nitrogens with one attached hydrogen (secondary N) is 2. The summed E-state index contributed by atoms with van der Waals surface area (Å²) < 4.78 is 1.57. The lowest BCUT2D eigenvalue weighted by Gasteiger charge is -2.14. The Morgan fingerprint density at radius 2 is 2.33 bits per heavy atom. The first-order valence-electron chi connectivity index (χ1n) is 6.62. The average molecular weight is 283 g/mol. The second-order valence-corrected chi connectivity index (χ2v) is 4.70. The van der Waals surface area contributed by atoms with Crippen molar-refractivity contribution in [1.82, 2.24) is 15.1 Å². The van der Waals surface area contributed by atoms with E-state index >= 15 is 0 Å². The molecule has 0 aliphatic rings. The molecule has 0 saturated heterocycles. The van der Waals surface area contributed by atoms with Crippen LogP contribution in [0.1, 0.15) is 24.1 Å². The first kappa shape index (κ1) is 14.6. The van der Waals surface area contributed by atoms with E-state index in [0.717, 1.165) is 11.3 Å². The van der Waals surface area contributed by atoms with Gasteiger partial charge in [0.25, 0.3) is 0 Å². The SMILES string of the molecule is CNC(=O)Cn1cc(NC(C)c2cccc(C#N)c2)cn1. The number of carbonyl (C=O) groups excluding carboxylic acids is 1. The largest absolute Gasteiger partial charge is 0.376 e. The molecule has 1 aromatic carbocycles. The smallest absolute Gasteiger partial charge is 0.241 e. The maximum absolute atomic E-state index is 11.3. The van der Waals surface area contributed by atoms with Crippen LogP contribution >= 0.6 is 0 Å². The number of hydrogen-bond donors (Lipinski definition) is 2. The first-order valence-corrected chi connectivity index (χ1v) is 6.62. The summed E-state index contributed by atoms with van der Waals surface area (Å²) in [5, 5.41) is 18.9. The van der Waals surface area contributed by atoms with Crippen LogP contribution in [0.2, 0.25) is 0 Å². The standard InChI is InChI=1S/C15H17N5O/c1-11(13-5-3-4-12(6-13)7-16)19-14-8-18-20(9-14)10-15(21)17-2/h3-6,8-9,11,19H,10H2,1-2H3,(H,17,21). The summed E-state index contributed by atoms with van der Waals surface area (Å²) in [6, 6.07) is 9.62. The Kier molecular flexibility index (Phi) is 4.57. The van der Waals surface area contributed by atoms with E-state index in [-0.39, 0.29) is 18.5 Å². The number of benzene rings is 1. The monoisotopic (exact) mass is 283 g/mol. The zero-order chi connectivity index (χ0) is 15.2. The summed E-state index contributed by atoms with van der Waals surface area (Å²) in [5.41, 5.74) is 2.48. The van der Waals surface area contributed by atoms with Crippen LogP contribution in [0.15, 0.2) is 36.7 Å². The molecule has 2 N–H and O–H groups in total. The molecular formula is C15H17N5O. The third kappa shape index (κ3) is 3.83. The van der Waals surface area contributed by atoms with Gasteiger partial charge in [-0.15, -0.1) is 0 Å². The van der Waals surface area contributed by atoms with E-state index in [1.165, 1.54) is 0 Å². The molecule has 1 aromatic heterocycles. The molecule has 2 aromatic rings. The molecule has 0 aliphatic heterocycles. The van der Waals surface area contributed by atoms with Gasteiger partial charge >= 0.3 is 0 Å². The zero-order valence-corrected chi connectivity index (χ0v) is 12.0. The molecule has 1 heterocycles. The second kappa shape index (κ2) is 6.57. The molecule has 6 nitrogen and oxygen atoms in total. The van der Waals surface area contributed by atoms with Crippen LogP contribution in [-0.2, 0) is 11.3 Å². The van der Waals surface area contributed by atoms with Crippen molar-refractivity contribution in [2.75, 3.05) is 12.4 Å². The lowest BCUT2D eigenvalue weighted by Crippen LogP contribution is -2.23. The topological polar surface area (TPSA) is 82.7 Å². The number of hydrogen-bond acceptors (Lipinski definition) is 4. The van der Waals surface area contributed by atoms with E-state index in [1.807, 2.05) is 25.1 Å². The summed E-state index contributed by atoms with van der Waals surface area (Å²) in [6.45, 7) is 2.20. The number of nitrogens with zero attached hydrogens (tertiary/aromatic N) is 3. The normalized spacial score (nSPS) is 11.5. The summed E-state index contributed by atoms with van der Waals surface area (Å²) in [5.74, 6) is -0.0978. The van der Waals surface area contributed by atoms with Gasteiger partial charge in [0.15, 0.2) is 0 Å². The van der Waals surface area contributed by atoms with Crippen molar-refractivity contribution in [2.45, 2.75) is 19.5 Å². The van der Waals surface area contributed by atoms with Crippen molar-refractivity contribution in [1.29, 1.82) is 5.26 Å². The molecule has 108 valence electrons. The third-order valence-corrected chi connectivity index (χ3v) is 3.12. The number of rotatable bonds is 5. The molecule has 6 heteroatoms. The van der Waals surface area contributed by atoms with E-state index in [0.29, 0.717) is 5.56 Å². The number of amides is 1. The molecule has 1 amide bonds. The van der Waals surface area contributed by atoms with Crippen molar-refractivity contribution >= 4 is 11.6 Å². The molecule has 1 atom stereocenters. The Hall–Kier alpha value is -2.81. The molecular weight excluding hydrogens is 266 g/mol. The Labute approximate surface area is 123 Å². The predicted molar refractivity (Wildman–Crippen MR) is 79.5 cm³/mol. The van der Waals surface area contributed by atoms with E-state index in [1.54, 1.807) is 30.2 Å². The van der Waals surface area contributed by atoms with Gasteiger partial charge in [-0.2, -0.15) is 10.4 Å². The Morgan fingerprint density at radius 3 is 3.05 bits per heavy atom. The number of carbonyl (C=O) groups is 1. The Morgan fingerprint density at radius 1 is 1.52 bits per heavy atom. The molecule has 0 spiro atoms. The number of nitriles is 1. The lowest BCUT2D eigenvalue weighted by atomic mass is 10.1. The fraction of sp³-hybridized carbons (Fsp3) is 0.267.